The quantitative estimate of drug-likeness (QED) is 0.0222. The summed E-state index contributed by atoms with van der Waals surface area (Å²) < 4.78 is 67.4. The first-order chi connectivity index (χ1) is 35.9. The van der Waals surface area contributed by atoms with Crippen LogP contribution in [0, 0.1) is 11.8 Å². The van der Waals surface area contributed by atoms with Crippen molar-refractivity contribution in [1.82, 2.24) is 0 Å². The normalized spacial score (nSPS) is 14.5. The Morgan fingerprint density at radius 3 is 0.907 bits per heavy atom. The van der Waals surface area contributed by atoms with Crippen LogP contribution in [-0.2, 0) is 65.4 Å². The van der Waals surface area contributed by atoms with Crippen LogP contribution in [0.15, 0.2) is 0 Å². The van der Waals surface area contributed by atoms with E-state index >= 15 is 0 Å². The minimum Gasteiger partial charge on any atom is -0.462 e. The molecule has 2 unspecified atom stereocenters. The van der Waals surface area contributed by atoms with Gasteiger partial charge in [0.15, 0.2) is 12.2 Å². The molecule has 0 amide bonds. The van der Waals surface area contributed by atoms with Crippen LogP contribution >= 0.6 is 15.6 Å². The predicted octanol–water partition coefficient (Wildman–Crippen LogP) is 14.5. The fraction of sp³-hybridized carbons (Fsp3) is 0.929. The van der Waals surface area contributed by atoms with Crippen molar-refractivity contribution in [2.24, 2.45) is 11.8 Å². The number of hydrogen-bond donors (Lipinski definition) is 3. The number of carbonyl (C=O) groups excluding carboxylic acids is 4. The van der Waals surface area contributed by atoms with E-state index in [1.165, 1.54) is 70.6 Å². The molecule has 0 radical (unpaired) electrons. The Labute approximate surface area is 454 Å². The maximum atomic E-state index is 12.9. The predicted molar refractivity (Wildman–Crippen MR) is 294 cm³/mol. The average molecular weight is 1120 g/mol. The molecular formula is C56H108O17P2. The van der Waals surface area contributed by atoms with Gasteiger partial charge in [-0.3, -0.25) is 37.3 Å². The van der Waals surface area contributed by atoms with E-state index in [-0.39, 0.29) is 25.7 Å². The Morgan fingerprint density at radius 1 is 0.360 bits per heavy atom. The molecule has 0 rings (SSSR count). The molecule has 0 aromatic heterocycles. The van der Waals surface area contributed by atoms with Crippen molar-refractivity contribution in [3.05, 3.63) is 0 Å². The van der Waals surface area contributed by atoms with Gasteiger partial charge in [-0.1, -0.05) is 215 Å². The highest BCUT2D eigenvalue weighted by Crippen LogP contribution is 2.45. The maximum absolute atomic E-state index is 12.9. The third-order valence-corrected chi connectivity index (χ3v) is 14.6. The van der Waals surface area contributed by atoms with Gasteiger partial charge < -0.3 is 33.8 Å². The number of ether oxygens (including phenoxy) is 4. The lowest BCUT2D eigenvalue weighted by Crippen LogP contribution is -2.30. The molecule has 3 N–H and O–H groups in total. The highest BCUT2D eigenvalue weighted by molar-refractivity contribution is 7.47. The van der Waals surface area contributed by atoms with Gasteiger partial charge in [0.25, 0.3) is 0 Å². The Morgan fingerprint density at radius 2 is 0.613 bits per heavy atom. The summed E-state index contributed by atoms with van der Waals surface area (Å²) in [6.45, 7) is 9.23. The van der Waals surface area contributed by atoms with Crippen molar-refractivity contribution in [1.29, 1.82) is 0 Å². The molecule has 0 bridgehead atoms. The molecular weight excluding hydrogens is 1010 g/mol. The summed E-state index contributed by atoms with van der Waals surface area (Å²) in [4.78, 5) is 71.5. The topological polar surface area (TPSA) is 237 Å². The zero-order chi connectivity index (χ0) is 55.8. The number of phosphoric ester groups is 2. The summed E-state index contributed by atoms with van der Waals surface area (Å²) >= 11 is 0. The number of carbonyl (C=O) groups is 4. The molecule has 5 atom stereocenters. The highest BCUT2D eigenvalue weighted by Gasteiger charge is 2.30. The number of esters is 4. The first-order valence-electron chi connectivity index (χ1n) is 29.5. The lowest BCUT2D eigenvalue weighted by atomic mass is 10.0. The van der Waals surface area contributed by atoms with Crippen LogP contribution in [0.4, 0.5) is 0 Å². The summed E-state index contributed by atoms with van der Waals surface area (Å²) in [5, 5.41) is 10.5. The van der Waals surface area contributed by atoms with Gasteiger partial charge in [0.05, 0.1) is 26.4 Å². The van der Waals surface area contributed by atoms with E-state index < -0.39 is 97.5 Å². The smallest absolute Gasteiger partial charge is 0.462 e. The number of aliphatic hydroxyl groups excluding tert-OH is 1. The summed E-state index contributed by atoms with van der Waals surface area (Å²) in [5.74, 6) is -0.716. The molecule has 0 fully saturated rings. The largest absolute Gasteiger partial charge is 0.472 e. The van der Waals surface area contributed by atoms with Gasteiger partial charge in [0, 0.05) is 25.7 Å². The van der Waals surface area contributed by atoms with Crippen molar-refractivity contribution in [3.63, 3.8) is 0 Å². The molecule has 0 aromatic carbocycles. The monoisotopic (exact) mass is 1110 g/mol. The summed E-state index contributed by atoms with van der Waals surface area (Å²) in [5.41, 5.74) is 0. The van der Waals surface area contributed by atoms with Crippen LogP contribution in [0.3, 0.4) is 0 Å². The zero-order valence-corrected chi connectivity index (χ0v) is 49.6. The number of aliphatic hydroxyl groups is 1. The molecule has 0 aliphatic carbocycles. The fourth-order valence-electron chi connectivity index (χ4n) is 8.12. The van der Waals surface area contributed by atoms with E-state index in [0.29, 0.717) is 25.7 Å². The third kappa shape index (κ3) is 51.3. The van der Waals surface area contributed by atoms with Gasteiger partial charge in [0.1, 0.15) is 19.3 Å². The van der Waals surface area contributed by atoms with Crippen molar-refractivity contribution >= 4 is 39.5 Å². The molecule has 0 spiro atoms. The fourth-order valence-corrected chi connectivity index (χ4v) is 9.70. The average Bonchev–Trinajstić information content (AvgIpc) is 3.36. The van der Waals surface area contributed by atoms with E-state index in [1.54, 1.807) is 0 Å². The van der Waals surface area contributed by atoms with Gasteiger partial charge in [-0.25, -0.2) is 9.13 Å². The van der Waals surface area contributed by atoms with Gasteiger partial charge >= 0.3 is 39.5 Å². The molecule has 0 aliphatic heterocycles. The molecule has 17 nitrogen and oxygen atoms in total. The van der Waals surface area contributed by atoms with Crippen LogP contribution in [0.5, 0.6) is 0 Å². The Bertz CT molecular complexity index is 1500. The van der Waals surface area contributed by atoms with Gasteiger partial charge in [0.2, 0.25) is 0 Å². The van der Waals surface area contributed by atoms with Crippen molar-refractivity contribution in [3.8, 4) is 0 Å². The van der Waals surface area contributed by atoms with Crippen LogP contribution in [0.1, 0.15) is 266 Å². The molecule has 75 heavy (non-hydrogen) atoms. The molecule has 0 saturated heterocycles. The number of unbranched alkanes of at least 4 members (excludes halogenated alkanes) is 25. The van der Waals surface area contributed by atoms with Gasteiger partial charge in [-0.2, -0.15) is 0 Å². The van der Waals surface area contributed by atoms with E-state index in [1.807, 2.05) is 0 Å². The second-order valence-electron chi connectivity index (χ2n) is 21.3. The van der Waals surface area contributed by atoms with Crippen molar-refractivity contribution in [2.75, 3.05) is 39.6 Å². The van der Waals surface area contributed by atoms with Crippen LogP contribution in [-0.4, -0.2) is 96.7 Å². The molecule has 0 aliphatic rings. The minimum absolute atomic E-state index is 0.103. The SMILES string of the molecule is CCCCCCCCCCC(=O)O[C@H](COC(=O)CCCCCCC)COP(=O)(O)OC[C@H](O)COP(=O)(O)OC[C@@H](COC(=O)CCCCCCCCCCC(C)C)OC(=O)CCCCCCCCCCC(C)C. The molecule has 0 saturated carbocycles. The van der Waals surface area contributed by atoms with E-state index in [4.69, 9.17) is 37.0 Å². The first kappa shape index (κ1) is 73.1. The molecule has 19 heteroatoms. The summed E-state index contributed by atoms with van der Waals surface area (Å²) in [6.07, 6.45) is 28.5. The Kier molecular flexibility index (Phi) is 47.9. The number of hydrogen-bond acceptors (Lipinski definition) is 15. The first-order valence-corrected chi connectivity index (χ1v) is 32.5. The molecule has 444 valence electrons. The zero-order valence-electron chi connectivity index (χ0n) is 47.8. The summed E-state index contributed by atoms with van der Waals surface area (Å²) in [7, 11) is -9.86. The minimum atomic E-state index is -4.93. The van der Waals surface area contributed by atoms with Crippen LogP contribution in [0.2, 0.25) is 0 Å². The lowest BCUT2D eigenvalue weighted by Gasteiger charge is -2.21. The second-order valence-corrected chi connectivity index (χ2v) is 24.2. The maximum Gasteiger partial charge on any atom is 0.472 e. The van der Waals surface area contributed by atoms with Crippen LogP contribution < -0.4 is 0 Å². The van der Waals surface area contributed by atoms with E-state index in [9.17, 15) is 43.2 Å². The standard InChI is InChI=1S/C56H108O17P2/c1-7-9-11-13-14-21-28-34-40-55(60)72-51(44-66-53(58)38-32-24-12-10-8-2)46-70-74(62,63)68-42-50(57)43-69-75(64,65)71-47-52(73-56(61)41-35-29-23-18-16-20-26-31-37-49(5)6)45-67-54(59)39-33-27-22-17-15-19-25-30-36-48(3)4/h48-52,57H,7-47H2,1-6H3,(H,62,63)(H,64,65)/t50-,51+,52+/m0/s1. The highest BCUT2D eigenvalue weighted by atomic mass is 31.2. The molecule has 0 aromatic rings. The van der Waals surface area contributed by atoms with E-state index in [2.05, 4.69) is 41.5 Å². The van der Waals surface area contributed by atoms with Crippen LogP contribution in [0.25, 0.3) is 0 Å². The van der Waals surface area contributed by atoms with Crippen molar-refractivity contribution in [2.45, 2.75) is 285 Å². The van der Waals surface area contributed by atoms with Gasteiger partial charge in [-0.15, -0.1) is 0 Å². The third-order valence-electron chi connectivity index (χ3n) is 12.7. The molecule has 0 heterocycles. The second kappa shape index (κ2) is 49.1. The number of phosphoric acid groups is 2. The van der Waals surface area contributed by atoms with Crippen molar-refractivity contribution < 1.29 is 80.2 Å². The lowest BCUT2D eigenvalue weighted by molar-refractivity contribution is -0.161. The van der Waals surface area contributed by atoms with Gasteiger partial charge in [-0.05, 0) is 37.5 Å². The van der Waals surface area contributed by atoms with E-state index in [0.717, 1.165) is 115 Å². The number of rotatable bonds is 55. The Balaban J connectivity index is 5.19. The summed E-state index contributed by atoms with van der Waals surface area (Å²) in [6, 6.07) is 0. The Hall–Kier alpha value is -1.94.